The normalized spacial score (nSPS) is 20.6. The minimum absolute atomic E-state index is 0.398. The molecule has 0 bridgehead atoms. The maximum Gasteiger partial charge on any atom is 0.120 e. The number of hydrogen-bond acceptors (Lipinski definition) is 5. The highest BCUT2D eigenvalue weighted by atomic mass is 16.5. The molecule has 2 aliphatic rings. The highest BCUT2D eigenvalue weighted by Crippen LogP contribution is 2.37. The number of benzene rings is 1. The number of ether oxygens (including phenoxy) is 2. The quantitative estimate of drug-likeness (QED) is 0.676. The second-order valence-corrected chi connectivity index (χ2v) is 8.22. The van der Waals surface area contributed by atoms with Crippen molar-refractivity contribution >= 4 is 0 Å². The first-order valence-electron chi connectivity index (χ1n) is 10.8. The van der Waals surface area contributed by atoms with E-state index < -0.39 is 0 Å². The maximum absolute atomic E-state index is 5.75. The predicted octanol–water partition coefficient (Wildman–Crippen LogP) is 3.62. The largest absolute Gasteiger partial charge is 0.497 e. The summed E-state index contributed by atoms with van der Waals surface area (Å²) in [5, 5.41) is 0. The number of methoxy groups -OCH3 is 1. The van der Waals surface area contributed by atoms with Gasteiger partial charge in [0.25, 0.3) is 0 Å². The van der Waals surface area contributed by atoms with E-state index in [1.54, 1.807) is 7.11 Å². The van der Waals surface area contributed by atoms with Gasteiger partial charge in [-0.25, -0.2) is 9.97 Å². The minimum atomic E-state index is 0.398. The first-order chi connectivity index (χ1) is 14.8. The molecule has 1 unspecified atom stereocenters. The summed E-state index contributed by atoms with van der Waals surface area (Å²) in [7, 11) is 1.71. The third-order valence-corrected chi connectivity index (χ3v) is 6.37. The zero-order valence-electron chi connectivity index (χ0n) is 17.5. The van der Waals surface area contributed by atoms with Gasteiger partial charge >= 0.3 is 0 Å². The van der Waals surface area contributed by atoms with E-state index in [1.807, 2.05) is 24.5 Å². The van der Waals surface area contributed by atoms with Crippen LogP contribution in [-0.2, 0) is 11.3 Å². The molecule has 3 aromatic rings. The van der Waals surface area contributed by atoms with Gasteiger partial charge in [0.15, 0.2) is 0 Å². The molecule has 1 aromatic carbocycles. The summed E-state index contributed by atoms with van der Waals surface area (Å²) in [4.78, 5) is 14.9. The predicted molar refractivity (Wildman–Crippen MR) is 115 cm³/mol. The van der Waals surface area contributed by atoms with Crippen molar-refractivity contribution < 1.29 is 9.47 Å². The van der Waals surface area contributed by atoms with E-state index in [-0.39, 0.29) is 0 Å². The van der Waals surface area contributed by atoms with E-state index in [1.165, 1.54) is 5.69 Å². The Hall–Kier alpha value is -2.64. The lowest BCUT2D eigenvalue weighted by atomic mass is 9.96. The van der Waals surface area contributed by atoms with Crippen molar-refractivity contribution in [1.29, 1.82) is 0 Å². The summed E-state index contributed by atoms with van der Waals surface area (Å²) in [6.07, 6.45) is 9.06. The summed E-state index contributed by atoms with van der Waals surface area (Å²) < 4.78 is 13.6. The Morgan fingerprint density at radius 3 is 2.83 bits per heavy atom. The molecule has 1 atom stereocenters. The molecule has 7 heteroatoms. The molecule has 0 amide bonds. The van der Waals surface area contributed by atoms with Crippen LogP contribution in [0.2, 0.25) is 0 Å². The number of nitrogens with one attached hydrogen (secondary N) is 1. The van der Waals surface area contributed by atoms with Gasteiger partial charge in [-0.15, -0.1) is 0 Å². The minimum Gasteiger partial charge on any atom is -0.497 e. The number of hydrogen-bond donors (Lipinski definition) is 1. The van der Waals surface area contributed by atoms with Crippen molar-refractivity contribution in [1.82, 2.24) is 24.4 Å². The average Bonchev–Trinajstić information content (AvgIpc) is 3.55. The lowest BCUT2D eigenvalue weighted by Gasteiger charge is -2.33. The number of rotatable bonds is 6. The van der Waals surface area contributed by atoms with Crippen molar-refractivity contribution in [3.63, 3.8) is 0 Å². The van der Waals surface area contributed by atoms with Gasteiger partial charge in [-0.1, -0.05) is 12.1 Å². The van der Waals surface area contributed by atoms with E-state index in [4.69, 9.17) is 14.5 Å². The maximum atomic E-state index is 5.75. The fraction of sp³-hybridized carbons (Fsp3) is 0.478. The van der Waals surface area contributed by atoms with Gasteiger partial charge in [-0.2, -0.15) is 0 Å². The summed E-state index contributed by atoms with van der Waals surface area (Å²) in [6, 6.07) is 8.70. The van der Waals surface area contributed by atoms with Crippen LogP contribution < -0.4 is 4.74 Å². The fourth-order valence-electron chi connectivity index (χ4n) is 4.76. The van der Waals surface area contributed by atoms with Gasteiger partial charge in [0.1, 0.15) is 11.6 Å². The van der Waals surface area contributed by atoms with Crippen LogP contribution >= 0.6 is 0 Å². The molecule has 2 aliphatic heterocycles. The van der Waals surface area contributed by atoms with Gasteiger partial charge in [-0.3, -0.25) is 4.90 Å². The average molecular weight is 408 g/mol. The molecule has 2 saturated heterocycles. The third-order valence-electron chi connectivity index (χ3n) is 6.37. The van der Waals surface area contributed by atoms with E-state index in [2.05, 4.69) is 37.9 Å². The Morgan fingerprint density at radius 1 is 1.20 bits per heavy atom. The molecule has 0 spiro atoms. The van der Waals surface area contributed by atoms with Crippen molar-refractivity contribution in [2.24, 2.45) is 0 Å². The Morgan fingerprint density at radius 2 is 2.10 bits per heavy atom. The van der Waals surface area contributed by atoms with Gasteiger partial charge in [0.2, 0.25) is 0 Å². The highest BCUT2D eigenvalue weighted by molar-refractivity contribution is 5.64. The molecule has 2 aromatic heterocycles. The second kappa shape index (κ2) is 8.62. The SMILES string of the molecule is COc1cccc(-c2ncn(C3CCN(Cc4ncc[nH]4)CC3)c2C2CCOC2)c1. The van der Waals surface area contributed by atoms with E-state index in [0.717, 1.165) is 74.9 Å². The van der Waals surface area contributed by atoms with Crippen LogP contribution in [0.4, 0.5) is 0 Å². The van der Waals surface area contributed by atoms with Crippen molar-refractivity contribution in [2.45, 2.75) is 37.8 Å². The Kier molecular flexibility index (Phi) is 5.55. The molecule has 0 aliphatic carbocycles. The van der Waals surface area contributed by atoms with Crippen LogP contribution in [0.1, 0.15) is 42.7 Å². The molecular formula is C23H29N5O2. The monoisotopic (exact) mass is 407 g/mol. The molecule has 1 N–H and O–H groups in total. The first kappa shape index (κ1) is 19.3. The third kappa shape index (κ3) is 3.87. The van der Waals surface area contributed by atoms with E-state index in [9.17, 15) is 0 Å². The number of imidazole rings is 2. The number of H-pyrrole nitrogens is 1. The van der Waals surface area contributed by atoms with Crippen LogP contribution in [0.25, 0.3) is 11.3 Å². The van der Waals surface area contributed by atoms with Gasteiger partial charge in [0.05, 0.1) is 38.0 Å². The van der Waals surface area contributed by atoms with Gasteiger partial charge in [-0.05, 0) is 31.4 Å². The lowest BCUT2D eigenvalue weighted by Crippen LogP contribution is -2.35. The fourth-order valence-corrected chi connectivity index (χ4v) is 4.76. The summed E-state index contributed by atoms with van der Waals surface area (Å²) in [5.41, 5.74) is 3.51. The number of aromatic nitrogens is 4. The Labute approximate surface area is 177 Å². The molecule has 30 heavy (non-hydrogen) atoms. The van der Waals surface area contributed by atoms with Crippen molar-refractivity contribution in [2.75, 3.05) is 33.4 Å². The molecule has 5 rings (SSSR count). The summed E-state index contributed by atoms with van der Waals surface area (Å²) in [6.45, 7) is 4.63. The van der Waals surface area contributed by atoms with Crippen LogP contribution in [-0.4, -0.2) is 57.8 Å². The van der Waals surface area contributed by atoms with Crippen molar-refractivity contribution in [3.8, 4) is 17.0 Å². The first-order valence-corrected chi connectivity index (χ1v) is 10.8. The molecule has 0 radical (unpaired) electrons. The number of piperidine rings is 1. The lowest BCUT2D eigenvalue weighted by molar-refractivity contribution is 0.172. The molecule has 4 heterocycles. The van der Waals surface area contributed by atoms with Crippen LogP contribution in [0.5, 0.6) is 5.75 Å². The molecule has 2 fully saturated rings. The smallest absolute Gasteiger partial charge is 0.120 e. The highest BCUT2D eigenvalue weighted by Gasteiger charge is 2.30. The number of nitrogens with zero attached hydrogens (tertiary/aromatic N) is 4. The summed E-state index contributed by atoms with van der Waals surface area (Å²) in [5.74, 6) is 2.30. The van der Waals surface area contributed by atoms with E-state index in [0.29, 0.717) is 12.0 Å². The standard InChI is InChI=1S/C23H29N5O2/c1-29-20-4-2-3-17(13-20)22-23(18-7-12-30-15-18)28(16-26-22)19-5-10-27(11-6-19)14-21-24-8-9-25-21/h2-4,8-9,13,16,18-19H,5-7,10-12,14-15H2,1H3,(H,24,25). The second-order valence-electron chi connectivity index (χ2n) is 8.22. The topological polar surface area (TPSA) is 68.2 Å². The van der Waals surface area contributed by atoms with E-state index >= 15 is 0 Å². The number of aromatic amines is 1. The molecule has 0 saturated carbocycles. The van der Waals surface area contributed by atoms with Crippen LogP contribution in [0.15, 0.2) is 43.0 Å². The zero-order valence-corrected chi connectivity index (χ0v) is 17.5. The zero-order chi connectivity index (χ0) is 20.3. The molecule has 158 valence electrons. The van der Waals surface area contributed by atoms with Gasteiger partial charge in [0, 0.05) is 49.6 Å². The van der Waals surface area contributed by atoms with Crippen LogP contribution in [0, 0.1) is 0 Å². The summed E-state index contributed by atoms with van der Waals surface area (Å²) >= 11 is 0. The van der Waals surface area contributed by atoms with Crippen molar-refractivity contribution in [3.05, 3.63) is 54.5 Å². The Balaban J connectivity index is 1.39. The Bertz CT molecular complexity index is 954. The molecule has 7 nitrogen and oxygen atoms in total. The van der Waals surface area contributed by atoms with Crippen LogP contribution in [0.3, 0.4) is 0 Å². The van der Waals surface area contributed by atoms with Gasteiger partial charge < -0.3 is 19.0 Å². The number of likely N-dealkylation sites (tertiary alicyclic amines) is 1. The molecular weight excluding hydrogens is 378 g/mol.